The summed E-state index contributed by atoms with van der Waals surface area (Å²) in [7, 11) is 1.54. The summed E-state index contributed by atoms with van der Waals surface area (Å²) in [6.45, 7) is 2.45. The number of hydrogen-bond donors (Lipinski definition) is 1. The molecule has 3 rings (SSSR count). The predicted molar refractivity (Wildman–Crippen MR) is 93.8 cm³/mol. The molecule has 1 aliphatic carbocycles. The van der Waals surface area contributed by atoms with Crippen molar-refractivity contribution in [3.63, 3.8) is 0 Å². The highest BCUT2D eigenvalue weighted by atomic mass is 79.9. The van der Waals surface area contributed by atoms with Crippen LogP contribution in [0.3, 0.4) is 0 Å². The van der Waals surface area contributed by atoms with Crippen LogP contribution >= 0.6 is 28.6 Å². The lowest BCUT2D eigenvalue weighted by Crippen LogP contribution is -2.23. The number of halogens is 1. The van der Waals surface area contributed by atoms with Gasteiger partial charge in [0.25, 0.3) is 0 Å². The molecule has 0 amide bonds. The lowest BCUT2D eigenvalue weighted by atomic mass is 10.1. The van der Waals surface area contributed by atoms with E-state index in [1.54, 1.807) is 16.7 Å². The molecule has 1 aromatic carbocycles. The number of thiol groups is 1. The van der Waals surface area contributed by atoms with Crippen LogP contribution in [0.5, 0.6) is 5.75 Å². The summed E-state index contributed by atoms with van der Waals surface area (Å²) in [6.07, 6.45) is 1.63. The number of nitrogens with zero attached hydrogens (tertiary/aromatic N) is 1. The van der Waals surface area contributed by atoms with E-state index < -0.39 is 5.97 Å². The summed E-state index contributed by atoms with van der Waals surface area (Å²) in [5.41, 5.74) is 0.215. The minimum absolute atomic E-state index is 0.0149. The summed E-state index contributed by atoms with van der Waals surface area (Å²) in [4.78, 5) is 25.2. The van der Waals surface area contributed by atoms with Crippen LogP contribution in [0.4, 0.5) is 0 Å². The van der Waals surface area contributed by atoms with Crippen molar-refractivity contribution in [3.8, 4) is 5.75 Å². The second kappa shape index (κ2) is 6.20. The average Bonchev–Trinajstić information content (AvgIpc) is 3.31. The van der Waals surface area contributed by atoms with E-state index in [-0.39, 0.29) is 17.1 Å². The van der Waals surface area contributed by atoms with Crippen LogP contribution in [0.25, 0.3) is 10.9 Å². The molecule has 1 saturated carbocycles. The van der Waals surface area contributed by atoms with E-state index in [0.717, 1.165) is 17.3 Å². The van der Waals surface area contributed by atoms with Crippen molar-refractivity contribution in [2.45, 2.75) is 37.4 Å². The Kier molecular flexibility index (Phi) is 4.42. The van der Waals surface area contributed by atoms with Crippen molar-refractivity contribution in [1.82, 2.24) is 4.57 Å². The number of carbonyl (C=O) groups is 1. The topological polar surface area (TPSA) is 57.5 Å². The minimum Gasteiger partial charge on any atom is -0.493 e. The molecule has 1 heterocycles. The Morgan fingerprint density at radius 2 is 2.13 bits per heavy atom. The van der Waals surface area contributed by atoms with Gasteiger partial charge >= 0.3 is 5.97 Å². The Morgan fingerprint density at radius 1 is 1.43 bits per heavy atom. The number of carbonyl (C=O) groups excluding carboxylic acids is 1. The Morgan fingerprint density at radius 3 is 2.70 bits per heavy atom. The van der Waals surface area contributed by atoms with Gasteiger partial charge in [-0.3, -0.25) is 4.79 Å². The molecule has 0 N–H and O–H groups in total. The lowest BCUT2D eigenvalue weighted by Gasteiger charge is -2.18. The molecule has 23 heavy (non-hydrogen) atoms. The molecule has 0 bridgehead atoms. The number of methoxy groups -OCH3 is 1. The van der Waals surface area contributed by atoms with Gasteiger partial charge < -0.3 is 14.0 Å². The summed E-state index contributed by atoms with van der Waals surface area (Å²) >= 11 is 7.85. The zero-order chi connectivity index (χ0) is 16.7. The molecule has 1 aromatic heterocycles. The fourth-order valence-electron chi connectivity index (χ4n) is 2.56. The number of aromatic nitrogens is 1. The van der Waals surface area contributed by atoms with Crippen LogP contribution in [-0.4, -0.2) is 23.8 Å². The molecule has 2 aromatic rings. The standard InChI is InChI=1S/C16H16BrNO4S/c1-3-18-12-9(6-7-10(17)14(12)21-2)13(19)11(15(18)23)16(20)22-8-4-5-8/h6-8,23H,3-5H2,1-2H3. The predicted octanol–water partition coefficient (Wildman–Crippen LogP) is 3.40. The molecule has 7 heteroatoms. The molecule has 0 unspecified atom stereocenters. The van der Waals surface area contributed by atoms with Crippen molar-refractivity contribution in [1.29, 1.82) is 0 Å². The third-order valence-electron chi connectivity index (χ3n) is 3.83. The molecular weight excluding hydrogens is 382 g/mol. The van der Waals surface area contributed by atoms with E-state index in [0.29, 0.717) is 28.2 Å². The first-order chi connectivity index (χ1) is 11.0. The zero-order valence-electron chi connectivity index (χ0n) is 12.8. The van der Waals surface area contributed by atoms with Gasteiger partial charge in [-0.15, -0.1) is 12.6 Å². The summed E-state index contributed by atoms with van der Waals surface area (Å²) in [5.74, 6) is -0.0626. The lowest BCUT2D eigenvalue weighted by molar-refractivity contribution is 0.0465. The van der Waals surface area contributed by atoms with Crippen molar-refractivity contribution < 1.29 is 14.3 Å². The largest absolute Gasteiger partial charge is 0.493 e. The van der Waals surface area contributed by atoms with Crippen LogP contribution in [0.1, 0.15) is 30.1 Å². The first kappa shape index (κ1) is 16.4. The van der Waals surface area contributed by atoms with E-state index >= 15 is 0 Å². The van der Waals surface area contributed by atoms with Crippen molar-refractivity contribution in [2.24, 2.45) is 0 Å². The van der Waals surface area contributed by atoms with Crippen LogP contribution < -0.4 is 10.2 Å². The number of pyridine rings is 1. The number of esters is 1. The smallest absolute Gasteiger partial charge is 0.345 e. The highest BCUT2D eigenvalue weighted by molar-refractivity contribution is 9.10. The van der Waals surface area contributed by atoms with Crippen LogP contribution in [0.2, 0.25) is 0 Å². The first-order valence-corrected chi connectivity index (χ1v) is 8.56. The Labute approximate surface area is 147 Å². The maximum absolute atomic E-state index is 12.8. The number of rotatable bonds is 4. The number of hydrogen-bond acceptors (Lipinski definition) is 5. The number of ether oxygens (including phenoxy) is 2. The third kappa shape index (κ3) is 2.76. The van der Waals surface area contributed by atoms with Crippen LogP contribution in [-0.2, 0) is 11.3 Å². The molecular formula is C16H16BrNO4S. The number of benzene rings is 1. The Hall–Kier alpha value is -1.47. The van der Waals surface area contributed by atoms with Gasteiger partial charge in [-0.1, -0.05) is 0 Å². The van der Waals surface area contributed by atoms with E-state index in [4.69, 9.17) is 9.47 Å². The molecule has 0 aliphatic heterocycles. The Balaban J connectivity index is 2.33. The summed E-state index contributed by atoms with van der Waals surface area (Å²) < 4.78 is 13.2. The third-order valence-corrected chi connectivity index (χ3v) is 4.92. The van der Waals surface area contributed by atoms with Crippen molar-refractivity contribution >= 4 is 45.4 Å². The van der Waals surface area contributed by atoms with Crippen LogP contribution in [0, 0.1) is 0 Å². The van der Waals surface area contributed by atoms with Gasteiger partial charge in [0.05, 0.1) is 27.5 Å². The fraction of sp³-hybridized carbons (Fsp3) is 0.375. The zero-order valence-corrected chi connectivity index (χ0v) is 15.2. The normalized spacial score (nSPS) is 14.1. The van der Waals surface area contributed by atoms with Gasteiger partial charge in [0, 0.05) is 6.54 Å². The fourth-order valence-corrected chi connectivity index (χ4v) is 3.47. The van der Waals surface area contributed by atoms with Gasteiger partial charge in [0.15, 0.2) is 5.75 Å². The molecule has 122 valence electrons. The van der Waals surface area contributed by atoms with Gasteiger partial charge in [0.1, 0.15) is 11.7 Å². The highest BCUT2D eigenvalue weighted by Gasteiger charge is 2.30. The van der Waals surface area contributed by atoms with Gasteiger partial charge in [-0.2, -0.15) is 0 Å². The summed E-state index contributed by atoms with van der Waals surface area (Å²) in [6, 6.07) is 3.41. The maximum atomic E-state index is 12.8. The van der Waals surface area contributed by atoms with E-state index in [2.05, 4.69) is 28.6 Å². The SMILES string of the molecule is CCn1c(S)c(C(=O)OC2CC2)c(=O)c2ccc(Br)c(OC)c21. The number of aryl methyl sites for hydroxylation is 1. The Bertz CT molecular complexity index is 858. The molecule has 1 fully saturated rings. The van der Waals surface area contributed by atoms with E-state index in [1.165, 1.54) is 7.11 Å². The first-order valence-electron chi connectivity index (χ1n) is 7.32. The molecule has 5 nitrogen and oxygen atoms in total. The van der Waals surface area contributed by atoms with Gasteiger partial charge in [-0.05, 0) is 47.8 Å². The molecule has 0 radical (unpaired) electrons. The highest BCUT2D eigenvalue weighted by Crippen LogP contribution is 2.34. The van der Waals surface area contributed by atoms with Gasteiger partial charge in [-0.25, -0.2) is 4.79 Å². The van der Waals surface area contributed by atoms with Crippen molar-refractivity contribution in [2.75, 3.05) is 7.11 Å². The molecule has 0 spiro atoms. The van der Waals surface area contributed by atoms with E-state index in [9.17, 15) is 9.59 Å². The quantitative estimate of drug-likeness (QED) is 0.634. The average molecular weight is 398 g/mol. The molecule has 1 aliphatic rings. The second-order valence-corrected chi connectivity index (χ2v) is 6.63. The minimum atomic E-state index is -0.603. The monoisotopic (exact) mass is 397 g/mol. The molecule has 0 saturated heterocycles. The number of fused-ring (bicyclic) bond motifs is 1. The summed E-state index contributed by atoms with van der Waals surface area (Å²) in [5, 5.41) is 0.708. The molecule has 0 atom stereocenters. The van der Waals surface area contributed by atoms with Crippen LogP contribution in [0.15, 0.2) is 26.4 Å². The van der Waals surface area contributed by atoms with Gasteiger partial charge in [0.2, 0.25) is 5.43 Å². The maximum Gasteiger partial charge on any atom is 0.345 e. The van der Waals surface area contributed by atoms with Crippen molar-refractivity contribution in [3.05, 3.63) is 32.4 Å². The second-order valence-electron chi connectivity index (χ2n) is 5.35. The van der Waals surface area contributed by atoms with E-state index in [1.807, 2.05) is 6.92 Å².